The van der Waals surface area contributed by atoms with E-state index in [0.29, 0.717) is 12.2 Å². The Bertz CT molecular complexity index is 381. The molecule has 4 nitrogen and oxygen atoms in total. The van der Waals surface area contributed by atoms with Gasteiger partial charge in [0, 0.05) is 16.9 Å². The molecule has 0 aliphatic heterocycles. The van der Waals surface area contributed by atoms with E-state index < -0.39 is 5.97 Å². The normalized spacial score (nSPS) is 12.2. The number of hydrogen-bond donors (Lipinski definition) is 2. The summed E-state index contributed by atoms with van der Waals surface area (Å²) in [5.41, 5.74) is 6.78. The second kappa shape index (κ2) is 5.86. The van der Waals surface area contributed by atoms with Gasteiger partial charge in [0.2, 0.25) is 0 Å². The van der Waals surface area contributed by atoms with E-state index in [1.165, 1.54) is 0 Å². The minimum absolute atomic E-state index is 0.0603. The summed E-state index contributed by atoms with van der Waals surface area (Å²) in [6.45, 7) is 0. The molecule has 0 bridgehead atoms. The van der Waals surface area contributed by atoms with Crippen LogP contribution in [0.2, 0.25) is 0 Å². The van der Waals surface area contributed by atoms with Crippen molar-refractivity contribution in [3.8, 4) is 5.75 Å². The summed E-state index contributed by atoms with van der Waals surface area (Å²) in [5.74, 6) is -0.126. The maximum Gasteiger partial charge on any atom is 0.303 e. The van der Waals surface area contributed by atoms with Crippen molar-refractivity contribution < 1.29 is 14.6 Å². The molecular formula is C11H14BrNO3. The Morgan fingerprint density at radius 3 is 2.88 bits per heavy atom. The quantitative estimate of drug-likeness (QED) is 0.872. The minimum atomic E-state index is -0.838. The standard InChI is InChI=1S/C11H14BrNO3/c1-16-7-2-3-9(12)8(6-7)10(13)4-5-11(14)15/h2-3,6,10H,4-5,13H2,1H3,(H,14,15). The zero-order valence-corrected chi connectivity index (χ0v) is 10.5. The summed E-state index contributed by atoms with van der Waals surface area (Å²) in [6.07, 6.45) is 0.464. The first-order valence-electron chi connectivity index (χ1n) is 4.85. The Labute approximate surface area is 103 Å². The molecule has 0 saturated carbocycles. The average molecular weight is 288 g/mol. The van der Waals surface area contributed by atoms with Gasteiger partial charge in [-0.2, -0.15) is 0 Å². The van der Waals surface area contributed by atoms with Crippen LogP contribution in [0.5, 0.6) is 5.75 Å². The van der Waals surface area contributed by atoms with Crippen molar-refractivity contribution in [1.29, 1.82) is 0 Å². The maximum absolute atomic E-state index is 10.5. The van der Waals surface area contributed by atoms with Crippen molar-refractivity contribution in [3.63, 3.8) is 0 Å². The van der Waals surface area contributed by atoms with Crippen molar-refractivity contribution >= 4 is 21.9 Å². The SMILES string of the molecule is COc1ccc(Br)c(C(N)CCC(=O)O)c1. The second-order valence-corrected chi connectivity index (χ2v) is 4.28. The first-order valence-corrected chi connectivity index (χ1v) is 5.64. The number of methoxy groups -OCH3 is 1. The first-order chi connectivity index (χ1) is 7.54. The van der Waals surface area contributed by atoms with Gasteiger partial charge in [0.25, 0.3) is 0 Å². The van der Waals surface area contributed by atoms with Crippen molar-refractivity contribution in [3.05, 3.63) is 28.2 Å². The Morgan fingerprint density at radius 2 is 2.31 bits per heavy atom. The molecule has 1 atom stereocenters. The summed E-state index contributed by atoms with van der Waals surface area (Å²) >= 11 is 3.38. The third kappa shape index (κ3) is 3.50. The van der Waals surface area contributed by atoms with Crippen LogP contribution >= 0.6 is 15.9 Å². The molecule has 0 fully saturated rings. The van der Waals surface area contributed by atoms with Gasteiger partial charge in [0.1, 0.15) is 5.75 Å². The number of ether oxygens (including phenoxy) is 1. The van der Waals surface area contributed by atoms with Crippen LogP contribution in [0.15, 0.2) is 22.7 Å². The van der Waals surface area contributed by atoms with Crippen LogP contribution in [0, 0.1) is 0 Å². The topological polar surface area (TPSA) is 72.5 Å². The van der Waals surface area contributed by atoms with Crippen molar-refractivity contribution in [2.45, 2.75) is 18.9 Å². The Morgan fingerprint density at radius 1 is 1.62 bits per heavy atom. The molecular weight excluding hydrogens is 274 g/mol. The molecule has 0 aromatic heterocycles. The molecule has 0 aliphatic carbocycles. The fraction of sp³-hybridized carbons (Fsp3) is 0.364. The minimum Gasteiger partial charge on any atom is -0.497 e. The Balaban J connectivity index is 2.80. The predicted octanol–water partition coefficient (Wildman–Crippen LogP) is 2.32. The van der Waals surface area contributed by atoms with Gasteiger partial charge in [-0.3, -0.25) is 4.79 Å². The number of benzene rings is 1. The number of hydrogen-bond acceptors (Lipinski definition) is 3. The number of carboxylic acids is 1. The average Bonchev–Trinajstić information content (AvgIpc) is 2.26. The van der Waals surface area contributed by atoms with E-state index in [1.54, 1.807) is 7.11 Å². The smallest absolute Gasteiger partial charge is 0.303 e. The zero-order valence-electron chi connectivity index (χ0n) is 8.94. The van der Waals surface area contributed by atoms with E-state index in [9.17, 15) is 4.79 Å². The second-order valence-electron chi connectivity index (χ2n) is 3.43. The summed E-state index contributed by atoms with van der Waals surface area (Å²) in [4.78, 5) is 10.5. The highest BCUT2D eigenvalue weighted by molar-refractivity contribution is 9.10. The number of nitrogens with two attached hydrogens (primary N) is 1. The predicted molar refractivity (Wildman–Crippen MR) is 64.5 cm³/mol. The fourth-order valence-electron chi connectivity index (χ4n) is 1.37. The van der Waals surface area contributed by atoms with Crippen LogP contribution < -0.4 is 10.5 Å². The highest BCUT2D eigenvalue weighted by atomic mass is 79.9. The number of aliphatic carboxylic acids is 1. The lowest BCUT2D eigenvalue weighted by atomic mass is 10.0. The van der Waals surface area contributed by atoms with Gasteiger partial charge in [-0.1, -0.05) is 15.9 Å². The van der Waals surface area contributed by atoms with Gasteiger partial charge in [0.15, 0.2) is 0 Å². The third-order valence-electron chi connectivity index (χ3n) is 2.27. The van der Waals surface area contributed by atoms with Crippen LogP contribution in [0.25, 0.3) is 0 Å². The van der Waals surface area contributed by atoms with E-state index in [0.717, 1.165) is 10.0 Å². The molecule has 0 spiro atoms. The third-order valence-corrected chi connectivity index (χ3v) is 2.99. The molecule has 1 aromatic carbocycles. The molecule has 0 saturated heterocycles. The lowest BCUT2D eigenvalue weighted by molar-refractivity contribution is -0.137. The van der Waals surface area contributed by atoms with Gasteiger partial charge in [-0.25, -0.2) is 0 Å². The molecule has 16 heavy (non-hydrogen) atoms. The fourth-order valence-corrected chi connectivity index (χ4v) is 1.91. The largest absolute Gasteiger partial charge is 0.497 e. The van der Waals surface area contributed by atoms with E-state index in [4.69, 9.17) is 15.6 Å². The van der Waals surface area contributed by atoms with Crippen LogP contribution in [-0.4, -0.2) is 18.2 Å². The van der Waals surface area contributed by atoms with E-state index >= 15 is 0 Å². The monoisotopic (exact) mass is 287 g/mol. The van der Waals surface area contributed by atoms with Crippen LogP contribution in [-0.2, 0) is 4.79 Å². The van der Waals surface area contributed by atoms with Gasteiger partial charge < -0.3 is 15.6 Å². The van der Waals surface area contributed by atoms with Gasteiger partial charge in [-0.15, -0.1) is 0 Å². The number of halogens is 1. The van der Waals surface area contributed by atoms with Crippen molar-refractivity contribution in [2.75, 3.05) is 7.11 Å². The summed E-state index contributed by atoms with van der Waals surface area (Å²) < 4.78 is 5.96. The maximum atomic E-state index is 10.5. The van der Waals surface area contributed by atoms with Crippen molar-refractivity contribution in [2.24, 2.45) is 5.73 Å². The van der Waals surface area contributed by atoms with Crippen LogP contribution in [0.1, 0.15) is 24.4 Å². The molecule has 1 unspecified atom stereocenters. The van der Waals surface area contributed by atoms with Gasteiger partial charge in [-0.05, 0) is 30.2 Å². The summed E-state index contributed by atoms with van der Waals surface area (Å²) in [5, 5.41) is 8.59. The molecule has 0 amide bonds. The molecule has 0 aliphatic rings. The van der Waals surface area contributed by atoms with E-state index in [-0.39, 0.29) is 12.5 Å². The Hall–Kier alpha value is -1.07. The lowest BCUT2D eigenvalue weighted by Gasteiger charge is -2.14. The molecule has 3 N–H and O–H groups in total. The number of rotatable bonds is 5. The molecule has 0 radical (unpaired) electrons. The molecule has 0 heterocycles. The number of carboxylic acid groups (broad SMARTS) is 1. The van der Waals surface area contributed by atoms with E-state index in [1.807, 2.05) is 18.2 Å². The highest BCUT2D eigenvalue weighted by Crippen LogP contribution is 2.28. The van der Waals surface area contributed by atoms with Crippen molar-refractivity contribution in [1.82, 2.24) is 0 Å². The highest BCUT2D eigenvalue weighted by Gasteiger charge is 2.12. The summed E-state index contributed by atoms with van der Waals surface area (Å²) in [7, 11) is 1.58. The Kier molecular flexibility index (Phi) is 4.76. The van der Waals surface area contributed by atoms with Gasteiger partial charge >= 0.3 is 5.97 Å². The molecule has 88 valence electrons. The zero-order chi connectivity index (χ0) is 12.1. The molecule has 1 aromatic rings. The molecule has 5 heteroatoms. The van der Waals surface area contributed by atoms with E-state index in [2.05, 4.69) is 15.9 Å². The van der Waals surface area contributed by atoms with Crippen LogP contribution in [0.3, 0.4) is 0 Å². The number of carbonyl (C=O) groups is 1. The van der Waals surface area contributed by atoms with Crippen LogP contribution in [0.4, 0.5) is 0 Å². The summed E-state index contributed by atoms with van der Waals surface area (Å²) in [6, 6.07) is 5.17. The first kappa shape index (κ1) is 13.0. The molecule has 1 rings (SSSR count). The lowest BCUT2D eigenvalue weighted by Crippen LogP contribution is -2.13. The van der Waals surface area contributed by atoms with Gasteiger partial charge in [0.05, 0.1) is 7.11 Å².